The van der Waals surface area contributed by atoms with Crippen LogP contribution in [0.1, 0.15) is 0 Å². The lowest BCUT2D eigenvalue weighted by atomic mass is 10.2. The van der Waals surface area contributed by atoms with Crippen molar-refractivity contribution >= 4 is 40.7 Å². The molecule has 2 aromatic heterocycles. The lowest BCUT2D eigenvalue weighted by molar-refractivity contribution is -0.113. The van der Waals surface area contributed by atoms with Crippen LogP contribution in [0.15, 0.2) is 64.5 Å². The van der Waals surface area contributed by atoms with E-state index in [0.717, 1.165) is 11.8 Å². The van der Waals surface area contributed by atoms with Crippen LogP contribution in [0.3, 0.4) is 0 Å². The highest BCUT2D eigenvalue weighted by atomic mass is 35.5. The number of amides is 1. The SMILES string of the molecule is O=C(CSc1nnc2[nH]c(=O)c(-c3ccccc3)nn12)Nc1cccc(Cl)c1. The fraction of sp³-hybridized carbons (Fsp3) is 0.0556. The number of thioether (sulfide) groups is 1. The summed E-state index contributed by atoms with van der Waals surface area (Å²) in [5, 5.41) is 16.0. The summed E-state index contributed by atoms with van der Waals surface area (Å²) in [5.74, 6) is 0.0774. The van der Waals surface area contributed by atoms with Crippen LogP contribution in [0.25, 0.3) is 17.0 Å². The summed E-state index contributed by atoms with van der Waals surface area (Å²) < 4.78 is 1.42. The van der Waals surface area contributed by atoms with E-state index < -0.39 is 0 Å². The Morgan fingerprint density at radius 1 is 1.14 bits per heavy atom. The number of anilines is 1. The van der Waals surface area contributed by atoms with Crippen LogP contribution >= 0.6 is 23.4 Å². The molecule has 0 aliphatic rings. The standard InChI is InChI=1S/C18H13ClN6O2S/c19-12-7-4-8-13(9-12)20-14(26)10-28-18-23-22-17-21-16(27)15(24-25(17)18)11-5-2-1-3-6-11/h1-9H,10H2,(H,20,26)(H,21,22,27). The van der Waals surface area contributed by atoms with Crippen molar-refractivity contribution in [1.29, 1.82) is 0 Å². The van der Waals surface area contributed by atoms with E-state index in [2.05, 4.69) is 25.6 Å². The van der Waals surface area contributed by atoms with Gasteiger partial charge >= 0.3 is 0 Å². The number of nitrogens with one attached hydrogen (secondary N) is 2. The fourth-order valence-corrected chi connectivity index (χ4v) is 3.38. The summed E-state index contributed by atoms with van der Waals surface area (Å²) in [4.78, 5) is 27.1. The minimum absolute atomic E-state index is 0.0920. The number of hydrogen-bond donors (Lipinski definition) is 2. The van der Waals surface area contributed by atoms with Crippen molar-refractivity contribution in [2.24, 2.45) is 0 Å². The number of halogens is 1. The minimum atomic E-state index is -0.360. The molecule has 4 aromatic rings. The Labute approximate surface area is 168 Å². The van der Waals surface area contributed by atoms with Gasteiger partial charge in [-0.2, -0.15) is 9.61 Å². The Balaban J connectivity index is 1.54. The molecule has 0 radical (unpaired) electrons. The zero-order chi connectivity index (χ0) is 19.5. The van der Waals surface area contributed by atoms with Crippen LogP contribution in [0.4, 0.5) is 5.69 Å². The highest BCUT2D eigenvalue weighted by Crippen LogP contribution is 2.19. The topological polar surface area (TPSA) is 105 Å². The van der Waals surface area contributed by atoms with E-state index in [1.807, 2.05) is 18.2 Å². The molecule has 0 atom stereocenters. The summed E-state index contributed by atoms with van der Waals surface area (Å²) in [6.45, 7) is 0. The zero-order valence-corrected chi connectivity index (χ0v) is 15.9. The van der Waals surface area contributed by atoms with E-state index in [1.165, 1.54) is 4.52 Å². The van der Waals surface area contributed by atoms with E-state index in [0.29, 0.717) is 21.4 Å². The molecule has 2 aromatic carbocycles. The summed E-state index contributed by atoms with van der Waals surface area (Å²) in [5.41, 5.74) is 1.17. The van der Waals surface area contributed by atoms with Crippen molar-refractivity contribution in [3.63, 3.8) is 0 Å². The Hall–Kier alpha value is -3.17. The smallest absolute Gasteiger partial charge is 0.279 e. The molecule has 0 spiro atoms. The van der Waals surface area contributed by atoms with E-state index in [9.17, 15) is 9.59 Å². The maximum Gasteiger partial charge on any atom is 0.279 e. The van der Waals surface area contributed by atoms with Crippen molar-refractivity contribution in [3.8, 4) is 11.3 Å². The Morgan fingerprint density at radius 2 is 1.96 bits per heavy atom. The van der Waals surface area contributed by atoms with Gasteiger partial charge in [0.1, 0.15) is 0 Å². The molecule has 1 amide bonds. The van der Waals surface area contributed by atoms with E-state index in [4.69, 9.17) is 11.6 Å². The lowest BCUT2D eigenvalue weighted by Crippen LogP contribution is -2.16. The molecule has 4 rings (SSSR count). The highest BCUT2D eigenvalue weighted by molar-refractivity contribution is 7.99. The van der Waals surface area contributed by atoms with Gasteiger partial charge in [0.15, 0.2) is 5.69 Å². The van der Waals surface area contributed by atoms with Gasteiger partial charge in [-0.1, -0.05) is 59.8 Å². The van der Waals surface area contributed by atoms with Crippen molar-refractivity contribution in [2.75, 3.05) is 11.1 Å². The Morgan fingerprint density at radius 3 is 2.75 bits per heavy atom. The number of carbonyl (C=O) groups is 1. The summed E-state index contributed by atoms with van der Waals surface area (Å²) in [6, 6.07) is 16.0. The molecule has 0 aliphatic heterocycles. The van der Waals surface area contributed by atoms with E-state index >= 15 is 0 Å². The van der Waals surface area contributed by atoms with Crippen LogP contribution in [0.5, 0.6) is 0 Å². The number of aromatic nitrogens is 5. The van der Waals surface area contributed by atoms with E-state index in [1.54, 1.807) is 36.4 Å². The number of hydrogen-bond acceptors (Lipinski definition) is 6. The fourth-order valence-electron chi connectivity index (χ4n) is 2.51. The third kappa shape index (κ3) is 3.90. The minimum Gasteiger partial charge on any atom is -0.325 e. The molecule has 0 bridgehead atoms. The molecule has 10 heteroatoms. The van der Waals surface area contributed by atoms with Gasteiger partial charge in [0, 0.05) is 16.3 Å². The molecular weight excluding hydrogens is 400 g/mol. The van der Waals surface area contributed by atoms with Crippen LogP contribution < -0.4 is 10.9 Å². The largest absolute Gasteiger partial charge is 0.325 e. The first-order valence-corrected chi connectivity index (χ1v) is 9.56. The molecule has 0 fully saturated rings. The van der Waals surface area contributed by atoms with Crippen molar-refractivity contribution < 1.29 is 4.79 Å². The molecule has 2 heterocycles. The molecule has 0 saturated carbocycles. The predicted molar refractivity (Wildman–Crippen MR) is 108 cm³/mol. The van der Waals surface area contributed by atoms with E-state index in [-0.39, 0.29) is 28.7 Å². The predicted octanol–water partition coefficient (Wildman–Crippen LogP) is 2.86. The Kier molecular flexibility index (Phi) is 5.09. The summed E-state index contributed by atoms with van der Waals surface area (Å²) in [6.07, 6.45) is 0. The van der Waals surface area contributed by atoms with Crippen molar-refractivity contribution in [2.45, 2.75) is 5.16 Å². The third-order valence-corrected chi connectivity index (χ3v) is 4.89. The van der Waals surface area contributed by atoms with Crippen molar-refractivity contribution in [1.82, 2.24) is 24.8 Å². The van der Waals surface area contributed by atoms with Crippen LogP contribution in [-0.4, -0.2) is 36.5 Å². The van der Waals surface area contributed by atoms with Crippen LogP contribution in [-0.2, 0) is 4.79 Å². The van der Waals surface area contributed by atoms with Crippen LogP contribution in [0.2, 0.25) is 5.02 Å². The van der Waals surface area contributed by atoms with Gasteiger partial charge < -0.3 is 5.32 Å². The van der Waals surface area contributed by atoms with Crippen molar-refractivity contribution in [3.05, 3.63) is 70.0 Å². The molecule has 28 heavy (non-hydrogen) atoms. The second-order valence-electron chi connectivity index (χ2n) is 5.73. The molecule has 2 N–H and O–H groups in total. The first kappa shape index (κ1) is 18.2. The average molecular weight is 413 g/mol. The van der Waals surface area contributed by atoms with Gasteiger partial charge in [0.2, 0.25) is 11.1 Å². The monoisotopic (exact) mass is 412 g/mol. The average Bonchev–Trinajstić information content (AvgIpc) is 3.08. The first-order chi connectivity index (χ1) is 13.6. The number of H-pyrrole nitrogens is 1. The van der Waals surface area contributed by atoms with Gasteiger partial charge in [-0.15, -0.1) is 10.2 Å². The second kappa shape index (κ2) is 7.83. The second-order valence-corrected chi connectivity index (χ2v) is 7.11. The number of benzene rings is 2. The lowest BCUT2D eigenvalue weighted by Gasteiger charge is -2.05. The number of aromatic amines is 1. The van der Waals surface area contributed by atoms with Gasteiger partial charge in [-0.25, -0.2) is 0 Å². The number of rotatable bonds is 5. The molecule has 0 saturated heterocycles. The molecule has 140 valence electrons. The number of carbonyl (C=O) groups excluding carboxylic acids is 1. The highest BCUT2D eigenvalue weighted by Gasteiger charge is 2.14. The Bertz CT molecular complexity index is 1210. The molecule has 0 aliphatic carbocycles. The third-order valence-electron chi connectivity index (χ3n) is 3.74. The zero-order valence-electron chi connectivity index (χ0n) is 14.3. The quantitative estimate of drug-likeness (QED) is 0.488. The normalized spacial score (nSPS) is 10.9. The molecule has 0 unspecified atom stereocenters. The maximum absolute atomic E-state index is 12.3. The summed E-state index contributed by atoms with van der Waals surface area (Å²) >= 11 is 7.07. The molecule has 8 nitrogen and oxygen atoms in total. The molecular formula is C18H13ClN6O2S. The van der Waals surface area contributed by atoms with Gasteiger partial charge in [-0.05, 0) is 18.2 Å². The van der Waals surface area contributed by atoms with Gasteiger partial charge in [-0.3, -0.25) is 14.6 Å². The van der Waals surface area contributed by atoms with Crippen LogP contribution in [0, 0.1) is 0 Å². The number of fused-ring (bicyclic) bond motifs is 1. The van der Waals surface area contributed by atoms with Gasteiger partial charge in [0.25, 0.3) is 11.3 Å². The maximum atomic E-state index is 12.3. The number of nitrogens with zero attached hydrogens (tertiary/aromatic N) is 4. The summed E-state index contributed by atoms with van der Waals surface area (Å²) in [7, 11) is 0. The van der Waals surface area contributed by atoms with Gasteiger partial charge in [0.05, 0.1) is 5.75 Å². The first-order valence-electron chi connectivity index (χ1n) is 8.19.